The van der Waals surface area contributed by atoms with Gasteiger partial charge in [0, 0.05) is 19.3 Å². The molecule has 378 valence electrons. The third-order valence-corrected chi connectivity index (χ3v) is 11.6. The van der Waals surface area contributed by atoms with E-state index in [-0.39, 0.29) is 31.6 Å². The number of hydrogen-bond donors (Lipinski definition) is 0. The average molecular weight is 919 g/mol. The Balaban J connectivity index is 4.25. The van der Waals surface area contributed by atoms with Crippen LogP contribution in [-0.4, -0.2) is 37.2 Å². The summed E-state index contributed by atoms with van der Waals surface area (Å²) in [6.07, 6.45) is 70.5. The minimum atomic E-state index is -0.813. The molecule has 0 aliphatic carbocycles. The van der Waals surface area contributed by atoms with Crippen LogP contribution in [0.4, 0.5) is 0 Å². The summed E-state index contributed by atoms with van der Waals surface area (Å²) in [4.78, 5) is 37.8. The molecular formula is C60H102O6. The quantitative estimate of drug-likeness (QED) is 0.0262. The van der Waals surface area contributed by atoms with Gasteiger partial charge in [-0.25, -0.2) is 0 Å². The van der Waals surface area contributed by atoms with Gasteiger partial charge >= 0.3 is 17.9 Å². The molecule has 0 aromatic carbocycles. The van der Waals surface area contributed by atoms with E-state index >= 15 is 0 Å². The second kappa shape index (κ2) is 54.2. The van der Waals surface area contributed by atoms with E-state index in [2.05, 4.69) is 93.7 Å². The number of carbonyl (C=O) groups excluding carboxylic acids is 3. The predicted molar refractivity (Wildman–Crippen MR) is 284 cm³/mol. The fourth-order valence-electron chi connectivity index (χ4n) is 7.52. The van der Waals surface area contributed by atoms with Crippen molar-refractivity contribution in [3.63, 3.8) is 0 Å². The van der Waals surface area contributed by atoms with E-state index in [0.29, 0.717) is 19.3 Å². The summed E-state index contributed by atoms with van der Waals surface area (Å²) < 4.78 is 16.7. The molecule has 0 aliphatic heterocycles. The molecular weight excluding hydrogens is 817 g/mol. The molecule has 0 rings (SSSR count). The highest BCUT2D eigenvalue weighted by Gasteiger charge is 2.19. The third kappa shape index (κ3) is 51.6. The fourth-order valence-corrected chi connectivity index (χ4v) is 7.52. The van der Waals surface area contributed by atoms with Gasteiger partial charge in [0.1, 0.15) is 13.2 Å². The third-order valence-electron chi connectivity index (χ3n) is 11.6. The van der Waals surface area contributed by atoms with Crippen LogP contribution in [0.25, 0.3) is 0 Å². The van der Waals surface area contributed by atoms with Crippen molar-refractivity contribution in [3.8, 4) is 0 Å². The number of carbonyl (C=O) groups is 3. The topological polar surface area (TPSA) is 78.9 Å². The lowest BCUT2D eigenvalue weighted by Crippen LogP contribution is -2.30. The SMILES string of the molecule is CC/C=C\C/C=C\C/C=C\C/C=C\C/C=C\C/C=C\CCC(=O)OC(COC(=O)CCCCCCCC)COC(=O)CCCCCCCCCCCCC/C=C\CCCCCCCCCC. The second-order valence-corrected chi connectivity index (χ2v) is 18.1. The zero-order chi connectivity index (χ0) is 47.9. The van der Waals surface area contributed by atoms with Crippen LogP contribution in [0.2, 0.25) is 0 Å². The number of esters is 3. The number of hydrogen-bond acceptors (Lipinski definition) is 6. The van der Waals surface area contributed by atoms with E-state index in [9.17, 15) is 14.4 Å². The lowest BCUT2D eigenvalue weighted by Gasteiger charge is -2.18. The van der Waals surface area contributed by atoms with E-state index in [1.807, 2.05) is 12.2 Å². The van der Waals surface area contributed by atoms with E-state index in [0.717, 1.165) is 77.0 Å². The largest absolute Gasteiger partial charge is 0.462 e. The maximum Gasteiger partial charge on any atom is 0.306 e. The molecule has 0 aliphatic rings. The zero-order valence-corrected chi connectivity index (χ0v) is 43.2. The molecule has 0 amide bonds. The van der Waals surface area contributed by atoms with Crippen molar-refractivity contribution in [2.24, 2.45) is 0 Å². The monoisotopic (exact) mass is 919 g/mol. The predicted octanol–water partition coefficient (Wildman–Crippen LogP) is 18.4. The molecule has 0 heterocycles. The van der Waals surface area contributed by atoms with Gasteiger partial charge in [0.05, 0.1) is 0 Å². The highest BCUT2D eigenvalue weighted by molar-refractivity contribution is 5.71. The van der Waals surface area contributed by atoms with Gasteiger partial charge in [0.25, 0.3) is 0 Å². The molecule has 0 aromatic heterocycles. The number of ether oxygens (including phenoxy) is 3. The first kappa shape index (κ1) is 62.6. The summed E-state index contributed by atoms with van der Waals surface area (Å²) in [5.74, 6) is -1.00. The highest BCUT2D eigenvalue weighted by atomic mass is 16.6. The molecule has 6 heteroatoms. The van der Waals surface area contributed by atoms with Crippen molar-refractivity contribution in [1.29, 1.82) is 0 Å². The second-order valence-electron chi connectivity index (χ2n) is 18.1. The molecule has 1 unspecified atom stereocenters. The Labute approximate surface area is 407 Å². The molecule has 0 fully saturated rings. The minimum absolute atomic E-state index is 0.106. The van der Waals surface area contributed by atoms with Crippen LogP contribution >= 0.6 is 0 Å². The van der Waals surface area contributed by atoms with Gasteiger partial charge in [-0.15, -0.1) is 0 Å². The summed E-state index contributed by atoms with van der Waals surface area (Å²) in [6, 6.07) is 0. The molecule has 0 saturated carbocycles. The Hall–Kier alpha value is -3.41. The molecule has 6 nitrogen and oxygen atoms in total. The minimum Gasteiger partial charge on any atom is -0.462 e. The smallest absolute Gasteiger partial charge is 0.306 e. The summed E-state index contributed by atoms with van der Waals surface area (Å²) in [6.45, 7) is 6.41. The number of allylic oxidation sites excluding steroid dienone is 14. The van der Waals surface area contributed by atoms with Crippen LogP contribution in [-0.2, 0) is 28.6 Å². The van der Waals surface area contributed by atoms with E-state index < -0.39 is 12.1 Å². The van der Waals surface area contributed by atoms with E-state index in [4.69, 9.17) is 14.2 Å². The Morgan fingerprint density at radius 1 is 0.318 bits per heavy atom. The van der Waals surface area contributed by atoms with Crippen molar-refractivity contribution in [2.45, 2.75) is 264 Å². The maximum atomic E-state index is 12.7. The van der Waals surface area contributed by atoms with Gasteiger partial charge in [-0.05, 0) is 83.5 Å². The molecule has 0 N–H and O–H groups in total. The van der Waals surface area contributed by atoms with Crippen molar-refractivity contribution in [1.82, 2.24) is 0 Å². The normalized spacial score (nSPS) is 12.7. The van der Waals surface area contributed by atoms with Crippen molar-refractivity contribution < 1.29 is 28.6 Å². The van der Waals surface area contributed by atoms with Crippen LogP contribution in [0.15, 0.2) is 85.1 Å². The van der Waals surface area contributed by atoms with Gasteiger partial charge < -0.3 is 14.2 Å². The lowest BCUT2D eigenvalue weighted by molar-refractivity contribution is -0.166. The molecule has 66 heavy (non-hydrogen) atoms. The Kier molecular flexibility index (Phi) is 51.4. The molecule has 0 aromatic rings. The van der Waals surface area contributed by atoms with Gasteiger partial charge in [0.2, 0.25) is 0 Å². The highest BCUT2D eigenvalue weighted by Crippen LogP contribution is 2.15. The van der Waals surface area contributed by atoms with Crippen molar-refractivity contribution in [2.75, 3.05) is 13.2 Å². The van der Waals surface area contributed by atoms with Gasteiger partial charge in [0.15, 0.2) is 6.10 Å². The van der Waals surface area contributed by atoms with Gasteiger partial charge in [-0.3, -0.25) is 14.4 Å². The Morgan fingerprint density at radius 2 is 0.621 bits per heavy atom. The summed E-state index contributed by atoms with van der Waals surface area (Å²) in [7, 11) is 0. The number of rotatable bonds is 49. The van der Waals surface area contributed by atoms with Crippen LogP contribution in [0.3, 0.4) is 0 Å². The van der Waals surface area contributed by atoms with E-state index in [1.165, 1.54) is 135 Å². The molecule has 0 spiro atoms. The Bertz CT molecular complexity index is 1290. The summed E-state index contributed by atoms with van der Waals surface area (Å²) in [5.41, 5.74) is 0. The van der Waals surface area contributed by atoms with Crippen molar-refractivity contribution >= 4 is 17.9 Å². The molecule has 0 bridgehead atoms. The van der Waals surface area contributed by atoms with Crippen LogP contribution in [0.1, 0.15) is 258 Å². The zero-order valence-electron chi connectivity index (χ0n) is 43.2. The molecule has 0 radical (unpaired) electrons. The van der Waals surface area contributed by atoms with Crippen LogP contribution in [0.5, 0.6) is 0 Å². The first-order chi connectivity index (χ1) is 32.5. The standard InChI is InChI=1S/C60H102O6/c1-4-7-10-13-16-18-20-22-24-26-28-29-30-31-33-34-36-38-40-42-44-47-50-53-59(62)65-56-57(55-64-58(61)52-49-46-15-12-9-6-3)66-60(63)54-51-48-45-43-41-39-37-35-32-27-25-23-21-19-17-14-11-8-5-2/h8,11,17,19,23,25-26,28,32,35,39,41,45,48,57H,4-7,9-10,12-16,18,20-22,24,27,29-31,33-34,36-38,40,42-44,46-47,49-56H2,1-3H3/b11-8-,19-17-,25-23-,28-26-,35-32-,41-39-,48-45-. The van der Waals surface area contributed by atoms with Crippen LogP contribution in [0, 0.1) is 0 Å². The van der Waals surface area contributed by atoms with Crippen molar-refractivity contribution in [3.05, 3.63) is 85.1 Å². The maximum absolute atomic E-state index is 12.7. The van der Waals surface area contributed by atoms with E-state index in [1.54, 1.807) is 0 Å². The average Bonchev–Trinajstić information content (AvgIpc) is 3.31. The summed E-state index contributed by atoms with van der Waals surface area (Å²) in [5, 5.41) is 0. The molecule has 1 atom stereocenters. The molecule has 0 saturated heterocycles. The first-order valence-electron chi connectivity index (χ1n) is 27.6. The van der Waals surface area contributed by atoms with Gasteiger partial charge in [-0.2, -0.15) is 0 Å². The lowest BCUT2D eigenvalue weighted by atomic mass is 10.0. The summed E-state index contributed by atoms with van der Waals surface area (Å²) >= 11 is 0. The fraction of sp³-hybridized carbons (Fsp3) is 0.717. The Morgan fingerprint density at radius 3 is 0.985 bits per heavy atom. The first-order valence-corrected chi connectivity index (χ1v) is 27.6. The number of unbranched alkanes of at least 4 members (excludes halogenated alkanes) is 24. The van der Waals surface area contributed by atoms with Crippen LogP contribution < -0.4 is 0 Å². The van der Waals surface area contributed by atoms with Gasteiger partial charge in [-0.1, -0.05) is 241 Å².